The lowest BCUT2D eigenvalue weighted by atomic mass is 10.0. The number of hydrogen-bond acceptors (Lipinski definition) is 2. The first-order valence-corrected chi connectivity index (χ1v) is 5.24. The Labute approximate surface area is 106 Å². The molecule has 0 saturated carbocycles. The molecule has 1 aromatic carbocycles. The van der Waals surface area contributed by atoms with Gasteiger partial charge in [0.25, 0.3) is 0 Å². The molecule has 0 aliphatic heterocycles. The van der Waals surface area contributed by atoms with E-state index in [4.69, 9.17) is 19.8 Å². The van der Waals surface area contributed by atoms with Crippen LogP contribution in [0, 0.1) is 13.8 Å². The fourth-order valence-electron chi connectivity index (χ4n) is 1.19. The first kappa shape index (κ1) is 18.1. The van der Waals surface area contributed by atoms with Gasteiger partial charge in [-0.25, -0.2) is 9.59 Å². The number of aryl methyl sites for hydroxylation is 2. The molecule has 0 aliphatic carbocycles. The van der Waals surface area contributed by atoms with Gasteiger partial charge in [-0.2, -0.15) is 0 Å². The molecule has 0 atom stereocenters. The topological polar surface area (TPSA) is 127 Å². The summed E-state index contributed by atoms with van der Waals surface area (Å²) in [5.41, 5.74) is 12.4. The maximum atomic E-state index is 8.78. The Morgan fingerprint density at radius 3 is 1.78 bits per heavy atom. The van der Waals surface area contributed by atoms with Crippen LogP contribution in [-0.2, 0) is 6.42 Å². The summed E-state index contributed by atoms with van der Waals surface area (Å²) < 4.78 is 0. The van der Waals surface area contributed by atoms with Crippen LogP contribution in [0.25, 0.3) is 0 Å². The Hall–Kier alpha value is -2.24. The molecule has 0 aliphatic rings. The number of primary amides is 2. The van der Waals surface area contributed by atoms with Gasteiger partial charge < -0.3 is 21.7 Å². The maximum absolute atomic E-state index is 8.78. The molecule has 0 bridgehead atoms. The third-order valence-corrected chi connectivity index (χ3v) is 2.10. The number of hydrogen-bond donors (Lipinski definition) is 4. The summed E-state index contributed by atoms with van der Waals surface area (Å²) in [5.74, 6) is 0. The minimum absolute atomic E-state index is 1.15. The summed E-state index contributed by atoms with van der Waals surface area (Å²) in [4.78, 5) is 17.6. The number of rotatable bonds is 1. The molecule has 2 amide bonds. The first-order valence-electron chi connectivity index (χ1n) is 5.24. The van der Waals surface area contributed by atoms with Gasteiger partial charge in [0.15, 0.2) is 0 Å². The zero-order valence-corrected chi connectivity index (χ0v) is 10.8. The molecule has 6 heteroatoms. The molecule has 0 fully saturated rings. The quantitative estimate of drug-likeness (QED) is 0.613. The van der Waals surface area contributed by atoms with Gasteiger partial charge in [-0.3, -0.25) is 0 Å². The van der Waals surface area contributed by atoms with E-state index in [0.29, 0.717) is 0 Å². The monoisotopic (exact) mass is 256 g/mol. The van der Waals surface area contributed by atoms with E-state index in [1.165, 1.54) is 16.7 Å². The summed E-state index contributed by atoms with van der Waals surface area (Å²) in [6, 6.07) is 6.48. The van der Waals surface area contributed by atoms with Crippen LogP contribution in [-0.4, -0.2) is 22.4 Å². The highest BCUT2D eigenvalue weighted by Gasteiger charge is 1.95. The Morgan fingerprint density at radius 2 is 1.50 bits per heavy atom. The van der Waals surface area contributed by atoms with Gasteiger partial charge >= 0.3 is 12.2 Å². The van der Waals surface area contributed by atoms with Crippen molar-refractivity contribution in [2.45, 2.75) is 27.2 Å². The Morgan fingerprint density at radius 1 is 1.11 bits per heavy atom. The maximum Gasteiger partial charge on any atom is 0.402 e. The highest BCUT2D eigenvalue weighted by Crippen LogP contribution is 2.12. The fraction of sp³-hybridized carbons (Fsp3) is 0.333. The molecule has 0 saturated heterocycles. The smallest absolute Gasteiger partial charge is 0.402 e. The van der Waals surface area contributed by atoms with E-state index in [9.17, 15) is 0 Å². The second kappa shape index (κ2) is 9.95. The molecule has 0 spiro atoms. The Balaban J connectivity index is 0. The SMILES string of the molecule is CCc1cccc(C)c1C.NC(=O)O.NC(=O)O. The molecular weight excluding hydrogens is 236 g/mol. The lowest BCUT2D eigenvalue weighted by Gasteiger charge is -2.04. The third kappa shape index (κ3) is 11.8. The van der Waals surface area contributed by atoms with Crippen LogP contribution in [0.4, 0.5) is 9.59 Å². The molecule has 6 nitrogen and oxygen atoms in total. The predicted octanol–water partition coefficient (Wildman–Crippen LogP) is 2.11. The predicted molar refractivity (Wildman–Crippen MR) is 69.7 cm³/mol. The molecular formula is C12H20N2O4. The fourth-order valence-corrected chi connectivity index (χ4v) is 1.19. The van der Waals surface area contributed by atoms with Crippen molar-refractivity contribution in [2.75, 3.05) is 0 Å². The third-order valence-electron chi connectivity index (χ3n) is 2.10. The van der Waals surface area contributed by atoms with Crippen LogP contribution in [0.15, 0.2) is 18.2 Å². The van der Waals surface area contributed by atoms with E-state index < -0.39 is 12.2 Å². The average molecular weight is 256 g/mol. The van der Waals surface area contributed by atoms with Gasteiger partial charge in [0.2, 0.25) is 0 Å². The van der Waals surface area contributed by atoms with Crippen molar-refractivity contribution >= 4 is 12.2 Å². The molecule has 0 aromatic heterocycles. The lowest BCUT2D eigenvalue weighted by molar-refractivity contribution is 0.204. The summed E-state index contributed by atoms with van der Waals surface area (Å²) in [5, 5.41) is 14.4. The minimum Gasteiger partial charge on any atom is -0.465 e. The van der Waals surface area contributed by atoms with Crippen LogP contribution in [0.2, 0.25) is 0 Å². The van der Waals surface area contributed by atoms with E-state index in [1.807, 2.05) is 0 Å². The highest BCUT2D eigenvalue weighted by atomic mass is 16.4. The molecule has 0 heterocycles. The van der Waals surface area contributed by atoms with E-state index in [2.05, 4.69) is 50.4 Å². The van der Waals surface area contributed by atoms with E-state index in [0.717, 1.165) is 6.42 Å². The van der Waals surface area contributed by atoms with Gasteiger partial charge in [-0.15, -0.1) is 0 Å². The summed E-state index contributed by atoms with van der Waals surface area (Å²) in [6.45, 7) is 6.55. The largest absolute Gasteiger partial charge is 0.465 e. The number of amides is 2. The van der Waals surface area contributed by atoms with Crippen molar-refractivity contribution in [1.82, 2.24) is 0 Å². The van der Waals surface area contributed by atoms with Gasteiger partial charge in [-0.1, -0.05) is 25.1 Å². The number of nitrogens with two attached hydrogens (primary N) is 2. The highest BCUT2D eigenvalue weighted by molar-refractivity contribution is 5.61. The normalized spacial score (nSPS) is 8.17. The zero-order chi connectivity index (χ0) is 14.7. The van der Waals surface area contributed by atoms with Crippen LogP contribution in [0.1, 0.15) is 23.6 Å². The molecule has 1 aromatic rings. The summed E-state index contributed by atoms with van der Waals surface area (Å²) in [7, 11) is 0. The van der Waals surface area contributed by atoms with Crippen LogP contribution < -0.4 is 11.5 Å². The van der Waals surface area contributed by atoms with Crippen molar-refractivity contribution in [3.05, 3.63) is 34.9 Å². The Bertz CT molecular complexity index is 372. The average Bonchev–Trinajstić information content (AvgIpc) is 2.20. The van der Waals surface area contributed by atoms with Crippen LogP contribution in [0.5, 0.6) is 0 Å². The van der Waals surface area contributed by atoms with Gasteiger partial charge in [0.1, 0.15) is 0 Å². The number of benzene rings is 1. The molecule has 6 N–H and O–H groups in total. The molecule has 0 unspecified atom stereocenters. The summed E-state index contributed by atoms with van der Waals surface area (Å²) in [6.07, 6.45) is -1.52. The van der Waals surface area contributed by atoms with E-state index in [-0.39, 0.29) is 0 Å². The van der Waals surface area contributed by atoms with Gasteiger partial charge in [0.05, 0.1) is 0 Å². The van der Waals surface area contributed by atoms with Gasteiger partial charge in [-0.05, 0) is 37.0 Å². The van der Waals surface area contributed by atoms with Crippen molar-refractivity contribution in [3.8, 4) is 0 Å². The standard InChI is InChI=1S/C10H14.2CH3NO2/c1-4-10-7-5-6-8(2)9(10)3;2*2-1(3)4/h5-7H,4H2,1-3H3;2*2H2,(H,3,4). The zero-order valence-electron chi connectivity index (χ0n) is 10.8. The van der Waals surface area contributed by atoms with Crippen LogP contribution in [0.3, 0.4) is 0 Å². The first-order chi connectivity index (χ1) is 8.22. The van der Waals surface area contributed by atoms with Crippen molar-refractivity contribution < 1.29 is 19.8 Å². The second-order valence-electron chi connectivity index (χ2n) is 3.39. The van der Waals surface area contributed by atoms with Crippen molar-refractivity contribution in [1.29, 1.82) is 0 Å². The minimum atomic E-state index is -1.33. The second-order valence-corrected chi connectivity index (χ2v) is 3.39. The molecule has 1 rings (SSSR count). The van der Waals surface area contributed by atoms with Gasteiger partial charge in [0, 0.05) is 0 Å². The van der Waals surface area contributed by atoms with E-state index in [1.54, 1.807) is 0 Å². The number of carboxylic acid groups (broad SMARTS) is 2. The van der Waals surface area contributed by atoms with Crippen molar-refractivity contribution in [3.63, 3.8) is 0 Å². The molecule has 18 heavy (non-hydrogen) atoms. The Kier molecular flexibility index (Phi) is 10.0. The van der Waals surface area contributed by atoms with E-state index >= 15 is 0 Å². The lowest BCUT2D eigenvalue weighted by Crippen LogP contribution is -2.03. The molecule has 0 radical (unpaired) electrons. The van der Waals surface area contributed by atoms with Crippen molar-refractivity contribution in [2.24, 2.45) is 11.5 Å². The summed E-state index contributed by atoms with van der Waals surface area (Å²) >= 11 is 0. The van der Waals surface area contributed by atoms with Crippen LogP contribution >= 0.6 is 0 Å². The molecule has 102 valence electrons. The number of carbonyl (C=O) groups is 2.